The molecule has 1 N–H and O–H groups in total. The van der Waals surface area contributed by atoms with Crippen molar-refractivity contribution in [3.05, 3.63) is 28.5 Å². The predicted molar refractivity (Wildman–Crippen MR) is 72.8 cm³/mol. The Hall–Kier alpha value is -0.610. The molecule has 2 nitrogen and oxygen atoms in total. The number of anilines is 1. The van der Waals surface area contributed by atoms with E-state index in [0.717, 1.165) is 24.1 Å². The molecule has 2 rings (SSSR count). The van der Waals surface area contributed by atoms with E-state index >= 15 is 0 Å². The highest BCUT2D eigenvalue weighted by molar-refractivity contribution is 9.10. The van der Waals surface area contributed by atoms with Gasteiger partial charge in [-0.1, -0.05) is 15.9 Å². The Morgan fingerprint density at radius 1 is 1.41 bits per heavy atom. The summed E-state index contributed by atoms with van der Waals surface area (Å²) in [6.45, 7) is 3.16. The van der Waals surface area contributed by atoms with Crippen molar-refractivity contribution in [2.45, 2.75) is 12.8 Å². The van der Waals surface area contributed by atoms with E-state index in [1.807, 2.05) is 6.07 Å². The molecule has 0 unspecified atom stereocenters. The number of nitrogens with one attached hydrogen (secondary N) is 1. The van der Waals surface area contributed by atoms with E-state index < -0.39 is 0 Å². The van der Waals surface area contributed by atoms with Crippen molar-refractivity contribution in [1.82, 2.24) is 4.90 Å². The van der Waals surface area contributed by atoms with Crippen molar-refractivity contribution in [3.63, 3.8) is 0 Å². The molecule has 1 aromatic rings. The zero-order chi connectivity index (χ0) is 12.3. The van der Waals surface area contributed by atoms with Gasteiger partial charge in [0.1, 0.15) is 5.82 Å². The van der Waals surface area contributed by atoms with Gasteiger partial charge in [0.2, 0.25) is 0 Å². The van der Waals surface area contributed by atoms with Gasteiger partial charge >= 0.3 is 0 Å². The number of halogens is 2. The minimum absolute atomic E-state index is 0.188. The molecule has 0 aromatic heterocycles. The van der Waals surface area contributed by atoms with Gasteiger partial charge in [-0.3, -0.25) is 0 Å². The highest BCUT2D eigenvalue weighted by Gasteiger charge is 2.16. The van der Waals surface area contributed by atoms with Gasteiger partial charge < -0.3 is 10.2 Å². The van der Waals surface area contributed by atoms with Crippen LogP contribution in [-0.2, 0) is 0 Å². The van der Waals surface area contributed by atoms with Crippen molar-refractivity contribution in [1.29, 1.82) is 0 Å². The number of hydrogen-bond acceptors (Lipinski definition) is 2. The second kappa shape index (κ2) is 5.83. The maximum atomic E-state index is 13.6. The number of hydrogen-bond donors (Lipinski definition) is 1. The molecule has 0 saturated carbocycles. The lowest BCUT2D eigenvalue weighted by Gasteiger charge is -2.29. The maximum absolute atomic E-state index is 13.6. The van der Waals surface area contributed by atoms with Crippen molar-refractivity contribution in [2.75, 3.05) is 32.0 Å². The van der Waals surface area contributed by atoms with Gasteiger partial charge in [0.25, 0.3) is 0 Å². The molecule has 1 saturated heterocycles. The summed E-state index contributed by atoms with van der Waals surface area (Å²) >= 11 is 3.26. The molecule has 0 bridgehead atoms. The van der Waals surface area contributed by atoms with Gasteiger partial charge in [-0.05, 0) is 57.1 Å². The monoisotopic (exact) mass is 300 g/mol. The van der Waals surface area contributed by atoms with Gasteiger partial charge in [-0.25, -0.2) is 4.39 Å². The molecule has 0 radical (unpaired) electrons. The topological polar surface area (TPSA) is 15.3 Å². The normalized spacial score (nSPS) is 18.3. The second-order valence-electron chi connectivity index (χ2n) is 4.75. The number of likely N-dealkylation sites (tertiary alicyclic amines) is 1. The van der Waals surface area contributed by atoms with E-state index in [9.17, 15) is 4.39 Å². The number of piperidine rings is 1. The van der Waals surface area contributed by atoms with Crippen LogP contribution in [0.15, 0.2) is 22.7 Å². The van der Waals surface area contributed by atoms with Crippen LogP contribution in [0, 0.1) is 11.7 Å². The van der Waals surface area contributed by atoms with Gasteiger partial charge in [-0.2, -0.15) is 0 Å². The van der Waals surface area contributed by atoms with Crippen LogP contribution in [0.2, 0.25) is 0 Å². The highest BCUT2D eigenvalue weighted by Crippen LogP contribution is 2.21. The van der Waals surface area contributed by atoms with E-state index in [2.05, 4.69) is 33.2 Å². The van der Waals surface area contributed by atoms with E-state index in [-0.39, 0.29) is 5.82 Å². The lowest BCUT2D eigenvalue weighted by atomic mass is 9.97. The first-order valence-electron chi connectivity index (χ1n) is 6.02. The first-order valence-corrected chi connectivity index (χ1v) is 6.82. The second-order valence-corrected chi connectivity index (χ2v) is 5.67. The minimum atomic E-state index is -0.188. The molecule has 1 aliphatic rings. The van der Waals surface area contributed by atoms with Gasteiger partial charge in [-0.15, -0.1) is 0 Å². The average Bonchev–Trinajstić information content (AvgIpc) is 2.30. The van der Waals surface area contributed by atoms with Crippen LogP contribution >= 0.6 is 15.9 Å². The predicted octanol–water partition coefficient (Wildman–Crippen LogP) is 3.34. The zero-order valence-electron chi connectivity index (χ0n) is 10.0. The molecule has 0 spiro atoms. The van der Waals surface area contributed by atoms with Crippen LogP contribution in [0.25, 0.3) is 0 Å². The molecule has 1 aliphatic heterocycles. The Morgan fingerprint density at radius 3 is 2.76 bits per heavy atom. The molecular formula is C13H18BrFN2. The molecular weight excluding hydrogens is 283 g/mol. The summed E-state index contributed by atoms with van der Waals surface area (Å²) < 4.78 is 14.3. The first kappa shape index (κ1) is 12.8. The fourth-order valence-electron chi connectivity index (χ4n) is 2.15. The van der Waals surface area contributed by atoms with Gasteiger partial charge in [0.15, 0.2) is 0 Å². The molecule has 1 aromatic carbocycles. The third kappa shape index (κ3) is 3.68. The fraction of sp³-hybridized carbons (Fsp3) is 0.538. The fourth-order valence-corrected chi connectivity index (χ4v) is 2.49. The highest BCUT2D eigenvalue weighted by atomic mass is 79.9. The van der Waals surface area contributed by atoms with Gasteiger partial charge in [0.05, 0.1) is 5.69 Å². The van der Waals surface area contributed by atoms with Crippen LogP contribution in [0.1, 0.15) is 12.8 Å². The lowest BCUT2D eigenvalue weighted by Crippen LogP contribution is -2.33. The van der Waals surface area contributed by atoms with E-state index in [1.54, 1.807) is 6.07 Å². The van der Waals surface area contributed by atoms with Crippen LogP contribution in [0.4, 0.5) is 10.1 Å². The zero-order valence-corrected chi connectivity index (χ0v) is 11.6. The van der Waals surface area contributed by atoms with Crippen molar-refractivity contribution >= 4 is 21.6 Å². The molecule has 0 atom stereocenters. The number of rotatable bonds is 3. The van der Waals surface area contributed by atoms with E-state index in [4.69, 9.17) is 0 Å². The summed E-state index contributed by atoms with van der Waals surface area (Å²) in [5.41, 5.74) is 0.604. The number of nitrogens with zero attached hydrogens (tertiary/aromatic N) is 1. The lowest BCUT2D eigenvalue weighted by molar-refractivity contribution is 0.226. The summed E-state index contributed by atoms with van der Waals surface area (Å²) in [6.07, 6.45) is 2.39. The Kier molecular flexibility index (Phi) is 4.40. The summed E-state index contributed by atoms with van der Waals surface area (Å²) in [5.74, 6) is 0.474. The molecule has 4 heteroatoms. The summed E-state index contributed by atoms with van der Waals surface area (Å²) in [4.78, 5) is 2.34. The third-order valence-electron chi connectivity index (χ3n) is 3.35. The van der Waals surface area contributed by atoms with Gasteiger partial charge in [0, 0.05) is 11.0 Å². The van der Waals surface area contributed by atoms with E-state index in [1.165, 1.54) is 18.9 Å². The summed E-state index contributed by atoms with van der Waals surface area (Å²) in [5, 5.41) is 3.21. The van der Waals surface area contributed by atoms with Crippen LogP contribution in [-0.4, -0.2) is 31.6 Å². The third-order valence-corrected chi connectivity index (χ3v) is 3.84. The largest absolute Gasteiger partial charge is 0.382 e. The maximum Gasteiger partial charge on any atom is 0.147 e. The van der Waals surface area contributed by atoms with Crippen LogP contribution in [0.5, 0.6) is 0 Å². The standard InChI is InChI=1S/C13H18BrFN2/c1-17-6-4-10(5-7-17)9-16-13-3-2-11(14)8-12(13)15/h2-3,8,10,16H,4-7,9H2,1H3. The molecule has 1 heterocycles. The Balaban J connectivity index is 1.85. The van der Waals surface area contributed by atoms with Crippen LogP contribution < -0.4 is 5.32 Å². The number of benzene rings is 1. The molecule has 94 valence electrons. The summed E-state index contributed by atoms with van der Waals surface area (Å²) in [7, 11) is 2.15. The van der Waals surface area contributed by atoms with Crippen LogP contribution in [0.3, 0.4) is 0 Å². The smallest absolute Gasteiger partial charge is 0.147 e. The molecule has 0 amide bonds. The Morgan fingerprint density at radius 2 is 2.12 bits per heavy atom. The Bertz CT molecular complexity index is 376. The first-order chi connectivity index (χ1) is 8.15. The average molecular weight is 301 g/mol. The SMILES string of the molecule is CN1CCC(CNc2ccc(Br)cc2F)CC1. The van der Waals surface area contributed by atoms with Crippen molar-refractivity contribution in [3.8, 4) is 0 Å². The minimum Gasteiger partial charge on any atom is -0.382 e. The molecule has 1 fully saturated rings. The molecule has 0 aliphatic carbocycles. The molecule has 17 heavy (non-hydrogen) atoms. The van der Waals surface area contributed by atoms with Crippen molar-refractivity contribution in [2.24, 2.45) is 5.92 Å². The quantitative estimate of drug-likeness (QED) is 0.921. The van der Waals surface area contributed by atoms with E-state index in [0.29, 0.717) is 11.6 Å². The Labute approximate surface area is 110 Å². The van der Waals surface area contributed by atoms with Crippen molar-refractivity contribution < 1.29 is 4.39 Å². The summed E-state index contributed by atoms with van der Waals surface area (Å²) in [6, 6.07) is 5.14.